The normalized spacial score (nSPS) is 12.5. The zero-order chi connectivity index (χ0) is 30.7. The molecule has 42 heavy (non-hydrogen) atoms. The fourth-order valence-electron chi connectivity index (χ4n) is 3.96. The van der Waals surface area contributed by atoms with Gasteiger partial charge in [0, 0.05) is 6.54 Å². The Hall–Kier alpha value is -4.39. The van der Waals surface area contributed by atoms with Gasteiger partial charge in [-0.15, -0.1) is 10.2 Å². The second-order valence-corrected chi connectivity index (χ2v) is 11.6. The van der Waals surface area contributed by atoms with Crippen LogP contribution in [0.5, 0.6) is 0 Å². The van der Waals surface area contributed by atoms with E-state index in [2.05, 4.69) is 30.8 Å². The van der Waals surface area contributed by atoms with Gasteiger partial charge in [-0.3, -0.25) is 4.79 Å². The molecule has 2 amide bonds. The molecule has 0 saturated heterocycles. The lowest BCUT2D eigenvalue weighted by molar-refractivity contribution is -0.137. The molecule has 4 rings (SSSR count). The molecule has 0 bridgehead atoms. The number of nitrogens with one attached hydrogen (secondary N) is 2. The molecule has 0 radical (unpaired) electrons. The quantitative estimate of drug-likeness (QED) is 0.249. The van der Waals surface area contributed by atoms with Gasteiger partial charge in [0.1, 0.15) is 28.3 Å². The Balaban J connectivity index is 1.51. The lowest BCUT2D eigenvalue weighted by atomic mass is 9.95. The first-order valence-corrected chi connectivity index (χ1v) is 13.7. The van der Waals surface area contributed by atoms with Gasteiger partial charge < -0.3 is 15.4 Å². The summed E-state index contributed by atoms with van der Waals surface area (Å²) in [6.07, 6.45) is -3.94. The van der Waals surface area contributed by atoms with Gasteiger partial charge in [-0.05, 0) is 75.1 Å². The second kappa shape index (κ2) is 12.2. The fraction of sp³-hybridized carbons (Fsp3) is 0.310. The van der Waals surface area contributed by atoms with Crippen molar-refractivity contribution in [3.63, 3.8) is 0 Å². The third kappa shape index (κ3) is 7.87. The van der Waals surface area contributed by atoms with E-state index >= 15 is 0 Å². The largest absolute Gasteiger partial charge is 0.444 e. The molecular formula is C29H29F3N6O3S. The van der Waals surface area contributed by atoms with Crippen LogP contribution in [0, 0.1) is 6.92 Å². The van der Waals surface area contributed by atoms with Crippen molar-refractivity contribution in [1.29, 1.82) is 0 Å². The number of ether oxygens (including phenoxy) is 1. The summed E-state index contributed by atoms with van der Waals surface area (Å²) in [6, 6.07) is 11.3. The highest BCUT2D eigenvalue weighted by atomic mass is 32.1. The highest BCUT2D eigenvalue weighted by Gasteiger charge is 2.31. The molecule has 0 fully saturated rings. The molecule has 2 aromatic carbocycles. The van der Waals surface area contributed by atoms with E-state index in [-0.39, 0.29) is 12.2 Å². The predicted molar refractivity (Wildman–Crippen MR) is 152 cm³/mol. The Morgan fingerprint density at radius 1 is 1.00 bits per heavy atom. The molecule has 220 valence electrons. The number of hydrogen-bond donors (Lipinski definition) is 2. The minimum Gasteiger partial charge on any atom is -0.444 e. The molecule has 0 aliphatic rings. The first kappa shape index (κ1) is 30.6. The molecule has 2 heterocycles. The van der Waals surface area contributed by atoms with Crippen LogP contribution in [0.2, 0.25) is 0 Å². The van der Waals surface area contributed by atoms with E-state index in [1.165, 1.54) is 29.8 Å². The van der Waals surface area contributed by atoms with Gasteiger partial charge in [0.2, 0.25) is 0 Å². The Morgan fingerprint density at radius 2 is 1.71 bits per heavy atom. The number of aromatic nitrogens is 4. The summed E-state index contributed by atoms with van der Waals surface area (Å²) in [4.78, 5) is 33.3. The Labute approximate surface area is 244 Å². The summed E-state index contributed by atoms with van der Waals surface area (Å²) in [7, 11) is 0. The number of carbonyl (C=O) groups is 2. The molecule has 9 nitrogen and oxygen atoms in total. The highest BCUT2D eigenvalue weighted by Crippen LogP contribution is 2.34. The summed E-state index contributed by atoms with van der Waals surface area (Å²) >= 11 is 1.35. The molecule has 2 N–H and O–H groups in total. The average molecular weight is 599 g/mol. The Bertz CT molecular complexity index is 1580. The molecule has 4 aromatic rings. The third-order valence-electron chi connectivity index (χ3n) is 5.97. The monoisotopic (exact) mass is 598 g/mol. The van der Waals surface area contributed by atoms with Crippen LogP contribution >= 0.6 is 11.3 Å². The van der Waals surface area contributed by atoms with E-state index < -0.39 is 35.4 Å². The number of nitrogens with zero attached hydrogens (tertiary/aromatic N) is 4. The maximum atomic E-state index is 13.5. The fourth-order valence-corrected chi connectivity index (χ4v) is 4.62. The summed E-state index contributed by atoms with van der Waals surface area (Å²) < 4.78 is 45.8. The molecule has 0 saturated carbocycles. The number of benzene rings is 2. The molecule has 0 aliphatic carbocycles. The Kier molecular flexibility index (Phi) is 8.90. The van der Waals surface area contributed by atoms with Crippen LogP contribution in [-0.2, 0) is 17.5 Å². The number of alkyl carbamates (subject to hydrolysis) is 1. The number of alkyl halides is 3. The third-order valence-corrected chi connectivity index (χ3v) is 6.83. The van der Waals surface area contributed by atoms with Crippen molar-refractivity contribution in [2.45, 2.75) is 59.0 Å². The van der Waals surface area contributed by atoms with E-state index in [0.717, 1.165) is 22.7 Å². The van der Waals surface area contributed by atoms with Crippen molar-refractivity contribution in [1.82, 2.24) is 30.8 Å². The molecule has 13 heteroatoms. The average Bonchev–Trinajstić information content (AvgIpc) is 3.36. The maximum Gasteiger partial charge on any atom is 0.416 e. The molecule has 0 unspecified atom stereocenters. The molecule has 0 spiro atoms. The minimum atomic E-state index is -4.54. The predicted octanol–water partition coefficient (Wildman–Crippen LogP) is 6.51. The van der Waals surface area contributed by atoms with Gasteiger partial charge in [-0.1, -0.05) is 41.7 Å². The Morgan fingerprint density at radius 3 is 2.33 bits per heavy atom. The van der Waals surface area contributed by atoms with Gasteiger partial charge in [-0.25, -0.2) is 14.8 Å². The van der Waals surface area contributed by atoms with Crippen molar-refractivity contribution in [2.75, 3.05) is 0 Å². The standard InChI is InChI=1S/C29H29F3N6O3S/c1-16(36-25(39)23-13-24(35-15-34-23)26-38-37-17(2)42-26)18-6-8-19(9-7-18)22-12-21(29(30,31)32)11-10-20(22)14-33-27(40)41-28(3,4)5/h6-13,15-16H,14H2,1-5H3,(H,33,40)(H,36,39)/t16-/m1/s1. The van der Waals surface area contributed by atoms with Gasteiger partial charge in [0.25, 0.3) is 5.91 Å². The second-order valence-electron chi connectivity index (χ2n) is 10.5. The first-order chi connectivity index (χ1) is 19.7. The lowest BCUT2D eigenvalue weighted by Gasteiger charge is -2.20. The zero-order valence-electron chi connectivity index (χ0n) is 23.5. The van der Waals surface area contributed by atoms with Crippen LogP contribution in [0.15, 0.2) is 54.9 Å². The summed E-state index contributed by atoms with van der Waals surface area (Å²) in [5, 5.41) is 14.8. The van der Waals surface area contributed by atoms with E-state index in [1.807, 2.05) is 6.92 Å². The number of carbonyl (C=O) groups excluding carboxylic acids is 2. The summed E-state index contributed by atoms with van der Waals surface area (Å²) in [5.74, 6) is -0.426. The zero-order valence-corrected chi connectivity index (χ0v) is 24.4. The van der Waals surface area contributed by atoms with Crippen LogP contribution in [0.1, 0.15) is 65.9 Å². The van der Waals surface area contributed by atoms with E-state index in [0.29, 0.717) is 27.4 Å². The van der Waals surface area contributed by atoms with Gasteiger partial charge >= 0.3 is 12.3 Å². The van der Waals surface area contributed by atoms with Crippen LogP contribution < -0.4 is 10.6 Å². The molecule has 1 atom stereocenters. The van der Waals surface area contributed by atoms with Crippen molar-refractivity contribution in [3.8, 4) is 21.8 Å². The van der Waals surface area contributed by atoms with Gasteiger partial charge in [-0.2, -0.15) is 13.2 Å². The summed E-state index contributed by atoms with van der Waals surface area (Å²) in [5.41, 5.74) is 1.13. The highest BCUT2D eigenvalue weighted by molar-refractivity contribution is 7.14. The molecular weight excluding hydrogens is 569 g/mol. The van der Waals surface area contributed by atoms with Crippen LogP contribution in [0.3, 0.4) is 0 Å². The van der Waals surface area contributed by atoms with E-state index in [9.17, 15) is 22.8 Å². The number of rotatable bonds is 7. The van der Waals surface area contributed by atoms with Crippen molar-refractivity contribution in [3.05, 3.63) is 82.3 Å². The van der Waals surface area contributed by atoms with E-state index in [1.54, 1.807) is 52.0 Å². The smallest absolute Gasteiger partial charge is 0.416 e. The number of aryl methyl sites for hydroxylation is 1. The van der Waals surface area contributed by atoms with Crippen LogP contribution in [0.4, 0.5) is 18.0 Å². The van der Waals surface area contributed by atoms with E-state index in [4.69, 9.17) is 4.74 Å². The van der Waals surface area contributed by atoms with Crippen molar-refractivity contribution < 1.29 is 27.5 Å². The maximum absolute atomic E-state index is 13.5. The molecule has 2 aromatic heterocycles. The topological polar surface area (TPSA) is 119 Å². The SMILES string of the molecule is Cc1nnc(-c2cc(C(=O)N[C@H](C)c3ccc(-c4cc(C(F)(F)F)ccc4CNC(=O)OC(C)(C)C)cc3)ncn2)s1. The lowest BCUT2D eigenvalue weighted by Crippen LogP contribution is -2.32. The van der Waals surface area contributed by atoms with Crippen LogP contribution in [0.25, 0.3) is 21.8 Å². The van der Waals surface area contributed by atoms with Crippen molar-refractivity contribution in [2.24, 2.45) is 0 Å². The van der Waals surface area contributed by atoms with Crippen molar-refractivity contribution >= 4 is 23.3 Å². The van der Waals surface area contributed by atoms with Crippen LogP contribution in [-0.4, -0.2) is 37.8 Å². The number of hydrogen-bond acceptors (Lipinski definition) is 8. The number of amides is 2. The van der Waals surface area contributed by atoms with Gasteiger partial charge in [0.05, 0.1) is 11.6 Å². The minimum absolute atomic E-state index is 0.0336. The summed E-state index contributed by atoms with van der Waals surface area (Å²) in [6.45, 7) is 8.71. The number of halogens is 3. The van der Waals surface area contributed by atoms with Gasteiger partial charge in [0.15, 0.2) is 5.01 Å². The first-order valence-electron chi connectivity index (χ1n) is 12.9. The molecule has 0 aliphatic heterocycles.